The average molecular weight is 365 g/mol. The van der Waals surface area contributed by atoms with Crippen molar-refractivity contribution in [1.29, 1.82) is 0 Å². The fourth-order valence-electron chi connectivity index (χ4n) is 8.25. The minimum Gasteiger partial charge on any atom is -0.469 e. The fourth-order valence-corrected chi connectivity index (χ4v) is 8.25. The van der Waals surface area contributed by atoms with Gasteiger partial charge in [0.25, 0.3) is 0 Å². The highest BCUT2D eigenvalue weighted by Gasteiger charge is 2.69. The van der Waals surface area contributed by atoms with Crippen LogP contribution in [0.15, 0.2) is 0 Å². The second-order valence-corrected chi connectivity index (χ2v) is 10.3. The van der Waals surface area contributed by atoms with Crippen LogP contribution in [-0.2, 0) is 19.0 Å². The zero-order chi connectivity index (χ0) is 18.7. The van der Waals surface area contributed by atoms with Gasteiger partial charge < -0.3 is 14.2 Å². The minimum absolute atomic E-state index is 0.0233. The molecule has 0 bridgehead atoms. The maximum atomic E-state index is 12.5. The Morgan fingerprint density at radius 1 is 1.00 bits per heavy atom. The summed E-state index contributed by atoms with van der Waals surface area (Å²) >= 11 is 0. The van der Waals surface area contributed by atoms with Gasteiger partial charge in [-0.15, -0.1) is 0 Å². The van der Waals surface area contributed by atoms with Crippen molar-refractivity contribution in [2.75, 3.05) is 20.8 Å². The van der Waals surface area contributed by atoms with E-state index in [0.717, 1.165) is 25.2 Å². The molecule has 0 aromatic heterocycles. The summed E-state index contributed by atoms with van der Waals surface area (Å²) in [6, 6.07) is 0. The molecule has 4 heteroatoms. The van der Waals surface area contributed by atoms with Gasteiger partial charge in [0.05, 0.1) is 19.6 Å². The van der Waals surface area contributed by atoms with E-state index in [1.807, 2.05) is 0 Å². The van der Waals surface area contributed by atoms with E-state index in [9.17, 15) is 4.79 Å². The zero-order valence-electron chi connectivity index (χ0n) is 17.2. The highest BCUT2D eigenvalue weighted by Crippen LogP contribution is 2.71. The first-order chi connectivity index (χ1) is 12.3. The van der Waals surface area contributed by atoms with E-state index >= 15 is 0 Å². The van der Waals surface area contributed by atoms with Gasteiger partial charge in [-0.2, -0.15) is 0 Å². The van der Waals surface area contributed by atoms with Crippen LogP contribution in [0.1, 0.15) is 65.7 Å². The standard InChI is InChI=1S/C22H36O4/c1-20(2)10-6-11-21(3)16(20)9-12-22-15(13-26-19(22)25-5)14(18(23)24-4)7-8-17(21)22/h14-17,19H,6-13H2,1-5H3/t14-,15-,16+,17-,19+,21+,22-/m1/s1. The first-order valence-electron chi connectivity index (χ1n) is 10.5. The Kier molecular flexibility index (Phi) is 4.47. The summed E-state index contributed by atoms with van der Waals surface area (Å²) in [5.74, 6) is 1.48. The Bertz CT molecular complexity index is 572. The van der Waals surface area contributed by atoms with Crippen LogP contribution in [0.25, 0.3) is 0 Å². The van der Waals surface area contributed by atoms with Crippen LogP contribution in [0, 0.1) is 39.9 Å². The van der Waals surface area contributed by atoms with E-state index in [2.05, 4.69) is 20.8 Å². The molecule has 4 fully saturated rings. The van der Waals surface area contributed by atoms with Gasteiger partial charge in [-0.25, -0.2) is 0 Å². The maximum Gasteiger partial charge on any atom is 0.309 e. The van der Waals surface area contributed by atoms with Crippen molar-refractivity contribution in [3.63, 3.8) is 0 Å². The number of carbonyl (C=O) groups is 1. The number of hydrogen-bond donors (Lipinski definition) is 0. The number of methoxy groups -OCH3 is 2. The SMILES string of the molecule is COC(=O)[C@@H]1CC[C@@H]2[C@@]3(C)CCCC(C)(C)[C@@H]3CC[C@]23[C@@H](OC)OC[C@H]13. The number of esters is 1. The van der Waals surface area contributed by atoms with Crippen molar-refractivity contribution >= 4 is 5.97 Å². The molecule has 0 aromatic carbocycles. The molecule has 26 heavy (non-hydrogen) atoms. The molecule has 0 unspecified atom stereocenters. The van der Waals surface area contributed by atoms with Crippen LogP contribution in [0.4, 0.5) is 0 Å². The van der Waals surface area contributed by atoms with Gasteiger partial charge >= 0.3 is 5.97 Å². The molecular formula is C22H36O4. The van der Waals surface area contributed by atoms with E-state index < -0.39 is 0 Å². The number of ether oxygens (including phenoxy) is 3. The van der Waals surface area contributed by atoms with Gasteiger partial charge in [0.1, 0.15) is 0 Å². The Morgan fingerprint density at radius 3 is 2.46 bits per heavy atom. The molecule has 4 rings (SSSR count). The Hall–Kier alpha value is -0.610. The molecule has 0 radical (unpaired) electrons. The molecule has 1 saturated heterocycles. The summed E-state index contributed by atoms with van der Waals surface area (Å²) in [6.07, 6.45) is 8.18. The number of carbonyl (C=O) groups excluding carboxylic acids is 1. The highest BCUT2D eigenvalue weighted by molar-refractivity contribution is 5.73. The summed E-state index contributed by atoms with van der Waals surface area (Å²) in [4.78, 5) is 12.5. The van der Waals surface area contributed by atoms with Crippen molar-refractivity contribution in [3.8, 4) is 0 Å². The zero-order valence-corrected chi connectivity index (χ0v) is 17.2. The first kappa shape index (κ1) is 18.7. The van der Waals surface area contributed by atoms with E-state index in [-0.39, 0.29) is 29.5 Å². The second-order valence-electron chi connectivity index (χ2n) is 10.3. The molecular weight excluding hydrogens is 328 g/mol. The molecule has 1 spiro atoms. The minimum atomic E-state index is -0.173. The van der Waals surface area contributed by atoms with Crippen molar-refractivity contribution in [1.82, 2.24) is 0 Å². The van der Waals surface area contributed by atoms with Gasteiger partial charge in [0, 0.05) is 18.4 Å². The quantitative estimate of drug-likeness (QED) is 0.681. The van der Waals surface area contributed by atoms with Gasteiger partial charge in [0.15, 0.2) is 6.29 Å². The molecule has 1 heterocycles. The topological polar surface area (TPSA) is 44.8 Å². The smallest absolute Gasteiger partial charge is 0.309 e. The van der Waals surface area contributed by atoms with Crippen molar-refractivity contribution in [3.05, 3.63) is 0 Å². The summed E-state index contributed by atoms with van der Waals surface area (Å²) < 4.78 is 17.3. The van der Waals surface area contributed by atoms with Gasteiger partial charge in [-0.3, -0.25) is 4.79 Å². The van der Waals surface area contributed by atoms with E-state index in [1.54, 1.807) is 7.11 Å². The molecule has 4 nitrogen and oxygen atoms in total. The van der Waals surface area contributed by atoms with Crippen LogP contribution in [0.2, 0.25) is 0 Å². The largest absolute Gasteiger partial charge is 0.469 e. The molecule has 0 amide bonds. The Labute approximate surface area is 158 Å². The molecule has 0 N–H and O–H groups in total. The number of hydrogen-bond acceptors (Lipinski definition) is 4. The molecule has 148 valence electrons. The Balaban J connectivity index is 1.77. The van der Waals surface area contributed by atoms with Crippen LogP contribution in [0.3, 0.4) is 0 Å². The molecule has 1 aliphatic heterocycles. The lowest BCUT2D eigenvalue weighted by Gasteiger charge is -2.66. The van der Waals surface area contributed by atoms with Crippen LogP contribution in [0.5, 0.6) is 0 Å². The molecule has 7 atom stereocenters. The maximum absolute atomic E-state index is 12.5. The summed E-state index contributed by atoms with van der Waals surface area (Å²) in [7, 11) is 3.30. The predicted octanol–water partition coefficient (Wildman–Crippen LogP) is 4.42. The van der Waals surface area contributed by atoms with Crippen LogP contribution in [-0.4, -0.2) is 33.1 Å². The van der Waals surface area contributed by atoms with Crippen molar-refractivity contribution < 1.29 is 19.0 Å². The predicted molar refractivity (Wildman–Crippen MR) is 99.4 cm³/mol. The van der Waals surface area contributed by atoms with E-state index in [1.165, 1.54) is 32.8 Å². The fraction of sp³-hybridized carbons (Fsp3) is 0.955. The number of rotatable bonds is 2. The third-order valence-electron chi connectivity index (χ3n) is 9.11. The van der Waals surface area contributed by atoms with Crippen molar-refractivity contribution in [2.45, 2.75) is 72.0 Å². The third kappa shape index (κ3) is 2.30. The summed E-state index contributed by atoms with van der Waals surface area (Å²) in [5, 5.41) is 0. The van der Waals surface area contributed by atoms with Gasteiger partial charge in [-0.1, -0.05) is 27.2 Å². The van der Waals surface area contributed by atoms with Gasteiger partial charge in [0.2, 0.25) is 0 Å². The number of fused-ring (bicyclic) bond motifs is 2. The lowest BCUT2D eigenvalue weighted by Crippen LogP contribution is -2.62. The summed E-state index contributed by atoms with van der Waals surface area (Å²) in [6.45, 7) is 8.14. The lowest BCUT2D eigenvalue weighted by atomic mass is 9.38. The first-order valence-corrected chi connectivity index (χ1v) is 10.5. The monoisotopic (exact) mass is 364 g/mol. The van der Waals surface area contributed by atoms with Crippen LogP contribution < -0.4 is 0 Å². The summed E-state index contributed by atoms with van der Waals surface area (Å²) in [5.41, 5.74) is 0.708. The normalized spacial score (nSPS) is 49.7. The van der Waals surface area contributed by atoms with E-state index in [0.29, 0.717) is 23.4 Å². The second kappa shape index (κ2) is 6.20. The highest BCUT2D eigenvalue weighted by atomic mass is 16.7. The van der Waals surface area contributed by atoms with Crippen LogP contribution >= 0.6 is 0 Å². The van der Waals surface area contributed by atoms with Gasteiger partial charge in [-0.05, 0) is 61.2 Å². The van der Waals surface area contributed by atoms with E-state index in [4.69, 9.17) is 14.2 Å². The molecule has 3 saturated carbocycles. The third-order valence-corrected chi connectivity index (χ3v) is 9.11. The molecule has 4 aliphatic rings. The van der Waals surface area contributed by atoms with Crippen molar-refractivity contribution in [2.24, 2.45) is 39.9 Å². The lowest BCUT2D eigenvalue weighted by molar-refractivity contribution is -0.237. The average Bonchev–Trinajstić information content (AvgIpc) is 2.97. The molecule has 0 aromatic rings. The molecule has 3 aliphatic carbocycles. The Morgan fingerprint density at radius 2 is 1.77 bits per heavy atom.